The zero-order chi connectivity index (χ0) is 15.3. The fraction of sp³-hybridized carbons (Fsp3) is 0.625. The molecule has 0 saturated heterocycles. The molecule has 0 aromatic heterocycles. The number of nitrogens with zero attached hydrogens (tertiary/aromatic N) is 1. The predicted molar refractivity (Wildman–Crippen MR) is 88.3 cm³/mol. The minimum absolute atomic E-state index is 0.0268. The third kappa shape index (κ3) is 4.27. The highest BCUT2D eigenvalue weighted by atomic mass is 79.9. The molecular weight excluding hydrogens is 332 g/mol. The Kier molecular flexibility index (Phi) is 5.76. The second-order valence-electron chi connectivity index (χ2n) is 6.18. The van der Waals surface area contributed by atoms with Gasteiger partial charge in [0.15, 0.2) is 0 Å². The van der Waals surface area contributed by atoms with Crippen LogP contribution in [0.5, 0.6) is 0 Å². The quantitative estimate of drug-likeness (QED) is 0.634. The summed E-state index contributed by atoms with van der Waals surface area (Å²) in [7, 11) is 0. The molecule has 0 aliphatic heterocycles. The van der Waals surface area contributed by atoms with Gasteiger partial charge in [-0.25, -0.2) is 0 Å². The minimum Gasteiger partial charge on any atom is -0.330 e. The Morgan fingerprint density at radius 3 is 2.38 bits per heavy atom. The van der Waals surface area contributed by atoms with Gasteiger partial charge in [-0.05, 0) is 37.3 Å². The van der Waals surface area contributed by atoms with E-state index in [1.165, 1.54) is 32.1 Å². The molecule has 5 heteroatoms. The minimum atomic E-state index is -0.284. The van der Waals surface area contributed by atoms with E-state index in [2.05, 4.69) is 15.9 Å². The predicted octanol–water partition coefficient (Wildman–Crippen LogP) is 4.59. The number of hydrogen-bond donors (Lipinski definition) is 1. The Hall–Kier alpha value is -0.940. The number of nitro groups is 1. The number of hydrogen-bond acceptors (Lipinski definition) is 3. The van der Waals surface area contributed by atoms with Crippen LogP contribution in [-0.4, -0.2) is 11.5 Å². The van der Waals surface area contributed by atoms with Gasteiger partial charge < -0.3 is 5.73 Å². The monoisotopic (exact) mass is 354 g/mol. The van der Waals surface area contributed by atoms with Crippen LogP contribution in [0.3, 0.4) is 0 Å². The lowest BCUT2D eigenvalue weighted by molar-refractivity contribution is -0.385. The van der Waals surface area contributed by atoms with Gasteiger partial charge in [0, 0.05) is 16.1 Å². The van der Waals surface area contributed by atoms with E-state index in [9.17, 15) is 10.1 Å². The first-order valence-electron chi connectivity index (χ1n) is 7.69. The molecule has 0 spiro atoms. The normalized spacial score (nSPS) is 18.8. The lowest BCUT2D eigenvalue weighted by atomic mass is 9.72. The van der Waals surface area contributed by atoms with Crippen molar-refractivity contribution in [2.75, 3.05) is 6.54 Å². The molecule has 1 aromatic carbocycles. The highest BCUT2D eigenvalue weighted by Crippen LogP contribution is 2.38. The summed E-state index contributed by atoms with van der Waals surface area (Å²) in [6.45, 7) is 0.611. The van der Waals surface area contributed by atoms with Crippen LogP contribution in [0, 0.1) is 15.5 Å². The maximum atomic E-state index is 11.3. The summed E-state index contributed by atoms with van der Waals surface area (Å²) in [6.07, 6.45) is 9.05. The van der Waals surface area contributed by atoms with Crippen molar-refractivity contribution in [1.29, 1.82) is 0 Å². The van der Waals surface area contributed by atoms with Gasteiger partial charge in [0.2, 0.25) is 0 Å². The third-order valence-corrected chi connectivity index (χ3v) is 5.15. The van der Waals surface area contributed by atoms with E-state index in [1.807, 2.05) is 12.1 Å². The highest BCUT2D eigenvalue weighted by Gasteiger charge is 2.31. The highest BCUT2D eigenvalue weighted by molar-refractivity contribution is 9.10. The van der Waals surface area contributed by atoms with Crippen LogP contribution in [0.15, 0.2) is 22.7 Å². The molecule has 2 rings (SSSR count). The molecule has 4 nitrogen and oxygen atoms in total. The van der Waals surface area contributed by atoms with Crippen molar-refractivity contribution in [2.24, 2.45) is 11.1 Å². The topological polar surface area (TPSA) is 69.2 Å². The van der Waals surface area contributed by atoms with Gasteiger partial charge in [-0.2, -0.15) is 0 Å². The zero-order valence-corrected chi connectivity index (χ0v) is 13.9. The van der Waals surface area contributed by atoms with Crippen molar-refractivity contribution < 1.29 is 4.92 Å². The number of halogens is 1. The molecule has 1 aromatic rings. The maximum Gasteiger partial charge on any atom is 0.273 e. The molecule has 1 aliphatic rings. The largest absolute Gasteiger partial charge is 0.330 e. The van der Waals surface area contributed by atoms with Crippen molar-refractivity contribution in [3.8, 4) is 0 Å². The third-order valence-electron chi connectivity index (χ3n) is 4.66. The first-order valence-corrected chi connectivity index (χ1v) is 8.48. The average Bonchev–Trinajstić information content (AvgIpc) is 2.43. The van der Waals surface area contributed by atoms with Gasteiger partial charge in [-0.15, -0.1) is 0 Å². The summed E-state index contributed by atoms with van der Waals surface area (Å²) < 4.78 is 0.748. The summed E-state index contributed by atoms with van der Waals surface area (Å²) in [5.41, 5.74) is 7.13. The van der Waals surface area contributed by atoms with Crippen LogP contribution in [0.2, 0.25) is 0 Å². The zero-order valence-electron chi connectivity index (χ0n) is 12.3. The number of nitro benzene ring substituents is 1. The second-order valence-corrected chi connectivity index (χ2v) is 7.09. The summed E-state index contributed by atoms with van der Waals surface area (Å²) in [5, 5.41) is 11.3. The van der Waals surface area contributed by atoms with Crippen molar-refractivity contribution in [3.05, 3.63) is 38.3 Å². The molecule has 0 heterocycles. The molecule has 0 bridgehead atoms. The first-order chi connectivity index (χ1) is 10.1. The van der Waals surface area contributed by atoms with E-state index in [0.29, 0.717) is 13.0 Å². The lowest BCUT2D eigenvalue weighted by Crippen LogP contribution is -2.33. The summed E-state index contributed by atoms with van der Waals surface area (Å²) in [5.74, 6) is 0. The molecule has 21 heavy (non-hydrogen) atoms. The van der Waals surface area contributed by atoms with E-state index in [1.54, 1.807) is 6.07 Å². The summed E-state index contributed by atoms with van der Waals surface area (Å²) in [6, 6.07) is 5.36. The Balaban J connectivity index is 2.26. The Bertz CT molecular complexity index is 497. The van der Waals surface area contributed by atoms with Crippen molar-refractivity contribution in [2.45, 2.75) is 51.4 Å². The second kappa shape index (κ2) is 7.36. The van der Waals surface area contributed by atoms with E-state index < -0.39 is 0 Å². The molecule has 2 N–H and O–H groups in total. The first kappa shape index (κ1) is 16.4. The van der Waals surface area contributed by atoms with E-state index in [-0.39, 0.29) is 16.0 Å². The smallest absolute Gasteiger partial charge is 0.273 e. The van der Waals surface area contributed by atoms with Crippen molar-refractivity contribution in [1.82, 2.24) is 0 Å². The summed E-state index contributed by atoms with van der Waals surface area (Å²) in [4.78, 5) is 11.0. The van der Waals surface area contributed by atoms with Gasteiger partial charge >= 0.3 is 0 Å². The van der Waals surface area contributed by atoms with Crippen LogP contribution in [0.1, 0.15) is 50.5 Å². The van der Waals surface area contributed by atoms with Crippen LogP contribution in [-0.2, 0) is 6.42 Å². The number of nitrogens with two attached hydrogens (primary N) is 1. The van der Waals surface area contributed by atoms with Gasteiger partial charge in [-0.1, -0.05) is 54.1 Å². The van der Waals surface area contributed by atoms with Crippen molar-refractivity contribution >= 4 is 21.6 Å². The lowest BCUT2D eigenvalue weighted by Gasteiger charge is -2.34. The fourth-order valence-corrected chi connectivity index (χ4v) is 3.72. The van der Waals surface area contributed by atoms with Crippen LogP contribution in [0.25, 0.3) is 0 Å². The van der Waals surface area contributed by atoms with Crippen LogP contribution < -0.4 is 5.73 Å². The van der Waals surface area contributed by atoms with E-state index >= 15 is 0 Å². The van der Waals surface area contributed by atoms with Crippen LogP contribution in [0.4, 0.5) is 5.69 Å². The Morgan fingerprint density at radius 2 is 1.81 bits per heavy atom. The van der Waals surface area contributed by atoms with Gasteiger partial charge in [0.05, 0.1) is 4.92 Å². The standard InChI is InChI=1S/C16H23BrN2O2/c17-14-7-6-13(15(10-14)19(20)21)11-16(12-18)8-4-2-1-3-5-9-16/h6-7,10H,1-5,8-9,11-12,18H2. The van der Waals surface area contributed by atoms with Crippen LogP contribution >= 0.6 is 15.9 Å². The van der Waals surface area contributed by atoms with Gasteiger partial charge in [0.1, 0.15) is 0 Å². The summed E-state index contributed by atoms with van der Waals surface area (Å²) >= 11 is 3.31. The van der Waals surface area contributed by atoms with E-state index in [4.69, 9.17) is 5.73 Å². The SMILES string of the molecule is NCC1(Cc2ccc(Br)cc2[N+](=O)[O-])CCCCCCC1. The maximum absolute atomic E-state index is 11.3. The van der Waals surface area contributed by atoms with Gasteiger partial charge in [-0.3, -0.25) is 10.1 Å². The molecular formula is C16H23BrN2O2. The molecule has 1 aliphatic carbocycles. The molecule has 0 radical (unpaired) electrons. The van der Waals surface area contributed by atoms with Gasteiger partial charge in [0.25, 0.3) is 5.69 Å². The van der Waals surface area contributed by atoms with E-state index in [0.717, 1.165) is 22.9 Å². The molecule has 1 fully saturated rings. The van der Waals surface area contributed by atoms with Crippen molar-refractivity contribution in [3.63, 3.8) is 0 Å². The number of benzene rings is 1. The average molecular weight is 355 g/mol. The Morgan fingerprint density at radius 1 is 1.19 bits per heavy atom. The molecule has 116 valence electrons. The molecule has 1 saturated carbocycles. The molecule has 0 unspecified atom stereocenters. The Labute approximate surface area is 134 Å². The fourth-order valence-electron chi connectivity index (χ4n) is 3.37. The molecule has 0 amide bonds. The molecule has 0 atom stereocenters. The number of rotatable bonds is 4.